The van der Waals surface area contributed by atoms with E-state index >= 15 is 0 Å². The van der Waals surface area contributed by atoms with E-state index in [2.05, 4.69) is 146 Å². The smallest absolute Gasteiger partial charge is 0.143 e. The Morgan fingerprint density at radius 1 is 0.302 bits per heavy atom. The lowest BCUT2D eigenvalue weighted by molar-refractivity contribution is 0.670. The fraction of sp³-hybridized carbons (Fsp3) is 0. The highest BCUT2D eigenvalue weighted by Gasteiger charge is 2.21. The molecule has 9 aromatic carbocycles. The molecule has 0 atom stereocenters. The first kappa shape index (κ1) is 23.0. The van der Waals surface area contributed by atoms with Crippen LogP contribution in [0.1, 0.15) is 0 Å². The molecule has 1 heteroatoms. The summed E-state index contributed by atoms with van der Waals surface area (Å²) in [6, 6.07) is 53.1. The minimum atomic E-state index is 0.917. The second-order valence-corrected chi connectivity index (χ2v) is 11.7. The van der Waals surface area contributed by atoms with Crippen molar-refractivity contribution >= 4 is 75.8 Å². The summed E-state index contributed by atoms with van der Waals surface area (Å²) >= 11 is 0. The van der Waals surface area contributed by atoms with Gasteiger partial charge in [-0.2, -0.15) is 0 Å². The lowest BCUT2D eigenvalue weighted by atomic mass is 9.88. The van der Waals surface area contributed by atoms with Crippen molar-refractivity contribution in [2.24, 2.45) is 0 Å². The number of hydrogen-bond acceptors (Lipinski definition) is 1. The van der Waals surface area contributed by atoms with E-state index < -0.39 is 0 Å². The Morgan fingerprint density at radius 3 is 1.74 bits per heavy atom. The third kappa shape index (κ3) is 3.17. The van der Waals surface area contributed by atoms with Gasteiger partial charge in [0, 0.05) is 16.3 Å². The Kier molecular flexibility index (Phi) is 4.51. The molecule has 0 N–H and O–H groups in total. The molecule has 198 valence electrons. The molecule has 0 aliphatic carbocycles. The van der Waals surface area contributed by atoms with Crippen LogP contribution in [0.3, 0.4) is 0 Å². The molecule has 0 radical (unpaired) electrons. The minimum Gasteiger partial charge on any atom is -0.455 e. The molecule has 10 aromatic rings. The van der Waals surface area contributed by atoms with Crippen molar-refractivity contribution in [1.29, 1.82) is 0 Å². The summed E-state index contributed by atoms with van der Waals surface area (Å²) in [5.74, 6) is 0. The van der Waals surface area contributed by atoms with Crippen LogP contribution in [0.2, 0.25) is 0 Å². The van der Waals surface area contributed by atoms with Crippen molar-refractivity contribution in [3.63, 3.8) is 0 Å². The molecular formula is C42H24O. The average molecular weight is 545 g/mol. The van der Waals surface area contributed by atoms with Crippen molar-refractivity contribution in [2.75, 3.05) is 0 Å². The van der Waals surface area contributed by atoms with Crippen molar-refractivity contribution in [1.82, 2.24) is 0 Å². The van der Waals surface area contributed by atoms with Crippen molar-refractivity contribution in [2.45, 2.75) is 0 Å². The first-order valence-electron chi connectivity index (χ1n) is 14.8. The zero-order valence-electron chi connectivity index (χ0n) is 23.3. The summed E-state index contributed by atoms with van der Waals surface area (Å²) < 4.78 is 6.91. The maximum absolute atomic E-state index is 6.91. The summed E-state index contributed by atoms with van der Waals surface area (Å²) in [6.07, 6.45) is 0. The predicted molar refractivity (Wildman–Crippen MR) is 183 cm³/mol. The van der Waals surface area contributed by atoms with E-state index in [0.717, 1.165) is 22.1 Å². The van der Waals surface area contributed by atoms with Gasteiger partial charge in [-0.25, -0.2) is 0 Å². The second kappa shape index (κ2) is 8.44. The standard InChI is InChI=1S/C42H24O/c1-2-9-30-24-38-37(23-29(30)8-1)41-35(32-14-6-10-25-7-3-4-13-31(25)32)21-22-36(42(41)43-38)33-19-17-28-16-15-26-11-5-12-27-18-20-34(33)40(28)39(26)27/h1-24H. The quantitative estimate of drug-likeness (QED) is 0.197. The molecule has 0 aliphatic rings. The number of hydrogen-bond donors (Lipinski definition) is 0. The molecule has 0 saturated heterocycles. The van der Waals surface area contributed by atoms with Crippen LogP contribution in [0.15, 0.2) is 150 Å². The number of furan rings is 1. The SMILES string of the molecule is c1ccc2cc3c(cc2c1)oc1c(-c2ccc4ccc5cccc6ccc2c4c56)ccc(-c2cccc4ccccc24)c13. The Labute approximate surface area is 247 Å². The lowest BCUT2D eigenvalue weighted by Crippen LogP contribution is -1.89. The molecule has 0 spiro atoms. The molecule has 0 unspecified atom stereocenters. The van der Waals surface area contributed by atoms with Crippen LogP contribution in [-0.4, -0.2) is 0 Å². The zero-order valence-corrected chi connectivity index (χ0v) is 23.3. The van der Waals surface area contributed by atoms with E-state index in [0.29, 0.717) is 0 Å². The number of rotatable bonds is 2. The maximum Gasteiger partial charge on any atom is 0.143 e. The zero-order chi connectivity index (χ0) is 28.1. The van der Waals surface area contributed by atoms with Gasteiger partial charge in [0.05, 0.1) is 0 Å². The van der Waals surface area contributed by atoms with E-state index in [4.69, 9.17) is 4.42 Å². The molecule has 43 heavy (non-hydrogen) atoms. The fourth-order valence-electron chi connectivity index (χ4n) is 7.43. The Bertz CT molecular complexity index is 2700. The Hall–Kier alpha value is -5.66. The summed E-state index contributed by atoms with van der Waals surface area (Å²) in [7, 11) is 0. The molecular weight excluding hydrogens is 520 g/mol. The van der Waals surface area contributed by atoms with Crippen LogP contribution in [0, 0.1) is 0 Å². The van der Waals surface area contributed by atoms with Crippen molar-refractivity contribution in [3.05, 3.63) is 146 Å². The number of benzene rings is 9. The first-order chi connectivity index (χ1) is 21.3. The fourth-order valence-corrected chi connectivity index (χ4v) is 7.43. The first-order valence-corrected chi connectivity index (χ1v) is 14.8. The van der Waals surface area contributed by atoms with Gasteiger partial charge in [0.25, 0.3) is 0 Å². The summed E-state index contributed by atoms with van der Waals surface area (Å²) in [5.41, 5.74) is 6.59. The molecule has 1 aromatic heterocycles. The van der Waals surface area contributed by atoms with E-state index in [1.54, 1.807) is 0 Å². The van der Waals surface area contributed by atoms with Crippen LogP contribution >= 0.6 is 0 Å². The predicted octanol–water partition coefficient (Wildman–Crippen LogP) is 12.1. The largest absolute Gasteiger partial charge is 0.455 e. The third-order valence-corrected chi connectivity index (χ3v) is 9.39. The average Bonchev–Trinajstić information content (AvgIpc) is 3.44. The number of fused-ring (bicyclic) bond motifs is 5. The summed E-state index contributed by atoms with van der Waals surface area (Å²) in [4.78, 5) is 0. The van der Waals surface area contributed by atoms with E-state index in [9.17, 15) is 0 Å². The van der Waals surface area contributed by atoms with E-state index in [-0.39, 0.29) is 0 Å². The Morgan fingerprint density at radius 2 is 0.884 bits per heavy atom. The van der Waals surface area contributed by atoms with Crippen LogP contribution in [0.4, 0.5) is 0 Å². The van der Waals surface area contributed by atoms with Gasteiger partial charge in [-0.3, -0.25) is 0 Å². The lowest BCUT2D eigenvalue weighted by Gasteiger charge is -2.15. The van der Waals surface area contributed by atoms with Crippen LogP contribution < -0.4 is 0 Å². The van der Waals surface area contributed by atoms with Gasteiger partial charge in [-0.1, -0.05) is 127 Å². The van der Waals surface area contributed by atoms with Gasteiger partial charge < -0.3 is 4.42 Å². The van der Waals surface area contributed by atoms with Crippen LogP contribution in [0.5, 0.6) is 0 Å². The van der Waals surface area contributed by atoms with Gasteiger partial charge in [0.15, 0.2) is 0 Å². The topological polar surface area (TPSA) is 13.1 Å². The third-order valence-electron chi connectivity index (χ3n) is 9.39. The van der Waals surface area contributed by atoms with Crippen LogP contribution in [0.25, 0.3) is 98.1 Å². The highest BCUT2D eigenvalue weighted by Crippen LogP contribution is 2.47. The van der Waals surface area contributed by atoms with Gasteiger partial charge in [0.2, 0.25) is 0 Å². The van der Waals surface area contributed by atoms with Gasteiger partial charge in [-0.15, -0.1) is 0 Å². The Balaban J connectivity index is 1.36. The molecule has 1 heterocycles. The van der Waals surface area contributed by atoms with Crippen molar-refractivity contribution < 1.29 is 4.42 Å². The van der Waals surface area contributed by atoms with Gasteiger partial charge in [0.1, 0.15) is 11.2 Å². The molecule has 0 bridgehead atoms. The maximum atomic E-state index is 6.91. The molecule has 0 fully saturated rings. The minimum absolute atomic E-state index is 0.917. The van der Waals surface area contributed by atoms with Gasteiger partial charge in [-0.05, 0) is 88.8 Å². The second-order valence-electron chi connectivity index (χ2n) is 11.7. The normalized spacial score (nSPS) is 12.2. The van der Waals surface area contributed by atoms with Crippen LogP contribution in [-0.2, 0) is 0 Å². The molecule has 0 amide bonds. The van der Waals surface area contributed by atoms with E-state index in [1.807, 2.05) is 0 Å². The summed E-state index contributed by atoms with van der Waals surface area (Å²) in [6.45, 7) is 0. The van der Waals surface area contributed by atoms with Crippen molar-refractivity contribution in [3.8, 4) is 22.3 Å². The summed E-state index contributed by atoms with van der Waals surface area (Å²) in [5, 5.41) is 14.9. The molecule has 10 rings (SSSR count). The monoisotopic (exact) mass is 544 g/mol. The molecule has 0 saturated carbocycles. The van der Waals surface area contributed by atoms with Gasteiger partial charge >= 0.3 is 0 Å². The molecule has 0 aliphatic heterocycles. The van der Waals surface area contributed by atoms with E-state index in [1.165, 1.54) is 75.9 Å². The highest BCUT2D eigenvalue weighted by atomic mass is 16.3. The highest BCUT2D eigenvalue weighted by molar-refractivity contribution is 6.27. The molecule has 1 nitrogen and oxygen atoms in total.